The average Bonchev–Trinajstić information content (AvgIpc) is 2.87. The molecule has 2 aliphatic rings. The molecule has 24 heavy (non-hydrogen) atoms. The second kappa shape index (κ2) is 6.23. The van der Waals surface area contributed by atoms with Crippen molar-refractivity contribution in [2.24, 2.45) is 16.7 Å². The minimum absolute atomic E-state index is 0.0138. The highest BCUT2D eigenvalue weighted by molar-refractivity contribution is 7.94. The normalized spacial score (nSPS) is 32.8. The Labute approximate surface area is 146 Å². The number of allylic oxidation sites excluding steroid dienone is 1. The molecule has 0 saturated heterocycles. The molecule has 0 amide bonds. The first-order valence-corrected chi connectivity index (χ1v) is 9.94. The number of aliphatic hydroxyl groups excluding tert-OH is 1. The Balaban J connectivity index is 1.94. The van der Waals surface area contributed by atoms with Crippen molar-refractivity contribution in [2.75, 3.05) is 5.75 Å². The summed E-state index contributed by atoms with van der Waals surface area (Å²) >= 11 is 0. The number of ketones is 1. The van der Waals surface area contributed by atoms with Crippen LogP contribution in [-0.4, -0.2) is 27.0 Å². The fraction of sp³-hybridized carbons (Fsp3) is 0.550. The topological polar surface area (TPSA) is 54.4 Å². The Morgan fingerprint density at radius 1 is 1.33 bits per heavy atom. The highest BCUT2D eigenvalue weighted by Crippen LogP contribution is 2.66. The summed E-state index contributed by atoms with van der Waals surface area (Å²) in [4.78, 5) is 12.2. The molecule has 0 heterocycles. The average molecular weight is 346 g/mol. The van der Waals surface area contributed by atoms with Gasteiger partial charge in [0.1, 0.15) is 0 Å². The van der Waals surface area contributed by atoms with E-state index in [-0.39, 0.29) is 16.6 Å². The number of rotatable bonds is 5. The lowest BCUT2D eigenvalue weighted by atomic mass is 9.70. The summed E-state index contributed by atoms with van der Waals surface area (Å²) in [6, 6.07) is 9.45. The molecular formula is C20H26O3S. The maximum absolute atomic E-state index is 13.2. The number of fused-ring (bicyclic) bond motifs is 2. The first-order valence-electron chi connectivity index (χ1n) is 8.62. The summed E-state index contributed by atoms with van der Waals surface area (Å²) in [6.45, 7) is 5.89. The number of carbonyl (C=O) groups is 1. The van der Waals surface area contributed by atoms with Crippen molar-refractivity contribution < 1.29 is 14.1 Å². The Morgan fingerprint density at radius 3 is 2.50 bits per heavy atom. The molecule has 0 aromatic heterocycles. The van der Waals surface area contributed by atoms with Gasteiger partial charge in [0.2, 0.25) is 0 Å². The summed E-state index contributed by atoms with van der Waals surface area (Å²) in [5.74, 6) is 0.822. The van der Waals surface area contributed by atoms with Crippen LogP contribution in [0.1, 0.15) is 45.6 Å². The molecule has 0 radical (unpaired) electrons. The van der Waals surface area contributed by atoms with Crippen molar-refractivity contribution in [1.82, 2.24) is 0 Å². The minimum Gasteiger partial charge on any atom is -0.392 e. The molecule has 1 aromatic carbocycles. The fourth-order valence-corrected chi connectivity index (χ4v) is 6.79. The second-order valence-corrected chi connectivity index (χ2v) is 9.26. The van der Waals surface area contributed by atoms with Gasteiger partial charge in [-0.25, -0.2) is 0 Å². The quantitative estimate of drug-likeness (QED) is 0.830. The smallest absolute Gasteiger partial charge is 0.153 e. The Hall–Kier alpha value is -1.26. The largest absolute Gasteiger partial charge is 0.392 e. The SMILES string of the molecule is CC(=O)/C=C(\c1ccccc1)S(=O)C[C@]12CC[C@H](C[C@H]1O)C2(C)C. The lowest BCUT2D eigenvalue weighted by Gasteiger charge is -2.40. The number of aliphatic hydroxyl groups is 1. The molecule has 4 atom stereocenters. The predicted molar refractivity (Wildman–Crippen MR) is 97.7 cm³/mol. The molecule has 130 valence electrons. The molecule has 1 aromatic rings. The van der Waals surface area contributed by atoms with E-state index in [0.29, 0.717) is 16.6 Å². The first kappa shape index (κ1) is 17.6. The van der Waals surface area contributed by atoms with Crippen molar-refractivity contribution in [1.29, 1.82) is 0 Å². The van der Waals surface area contributed by atoms with Gasteiger partial charge >= 0.3 is 0 Å². The Kier molecular flexibility index (Phi) is 4.56. The third kappa shape index (κ3) is 2.70. The lowest BCUT2D eigenvalue weighted by molar-refractivity contribution is -0.112. The summed E-state index contributed by atoms with van der Waals surface area (Å²) in [5, 5.41) is 10.7. The maximum Gasteiger partial charge on any atom is 0.153 e. The number of carbonyl (C=O) groups excluding carboxylic acids is 1. The van der Waals surface area contributed by atoms with E-state index in [1.54, 1.807) is 0 Å². The molecule has 2 bridgehead atoms. The van der Waals surface area contributed by atoms with Crippen molar-refractivity contribution in [3.05, 3.63) is 42.0 Å². The molecule has 3 nitrogen and oxygen atoms in total. The predicted octanol–water partition coefficient (Wildman–Crippen LogP) is 3.55. The van der Waals surface area contributed by atoms with E-state index < -0.39 is 16.9 Å². The zero-order chi connectivity index (χ0) is 17.5. The Morgan fingerprint density at radius 2 is 2.00 bits per heavy atom. The first-order chi connectivity index (χ1) is 11.3. The zero-order valence-electron chi connectivity index (χ0n) is 14.6. The molecule has 2 fully saturated rings. The van der Waals surface area contributed by atoms with Crippen LogP contribution in [-0.2, 0) is 15.6 Å². The van der Waals surface area contributed by atoms with E-state index in [1.165, 1.54) is 13.0 Å². The van der Waals surface area contributed by atoms with Gasteiger partial charge in [-0.2, -0.15) is 0 Å². The number of hydrogen-bond donors (Lipinski definition) is 1. The van der Waals surface area contributed by atoms with Gasteiger partial charge in [0.15, 0.2) is 5.78 Å². The highest BCUT2D eigenvalue weighted by Gasteiger charge is 2.64. The molecule has 0 spiro atoms. The van der Waals surface area contributed by atoms with Crippen LogP contribution >= 0.6 is 0 Å². The highest BCUT2D eigenvalue weighted by atomic mass is 32.2. The van der Waals surface area contributed by atoms with Crippen molar-refractivity contribution in [3.63, 3.8) is 0 Å². The van der Waals surface area contributed by atoms with Gasteiger partial charge in [0, 0.05) is 16.1 Å². The second-order valence-electron chi connectivity index (χ2n) is 7.84. The van der Waals surface area contributed by atoms with Crippen LogP contribution in [0.3, 0.4) is 0 Å². The van der Waals surface area contributed by atoms with E-state index in [0.717, 1.165) is 24.8 Å². The lowest BCUT2D eigenvalue weighted by Crippen LogP contribution is -2.43. The molecule has 0 aliphatic heterocycles. The Bertz CT molecular complexity index is 692. The summed E-state index contributed by atoms with van der Waals surface area (Å²) in [6.07, 6.45) is 3.91. The molecular weight excluding hydrogens is 320 g/mol. The zero-order valence-corrected chi connectivity index (χ0v) is 15.4. The van der Waals surface area contributed by atoms with E-state index in [1.807, 2.05) is 30.3 Å². The van der Waals surface area contributed by atoms with Gasteiger partial charge in [-0.1, -0.05) is 44.2 Å². The molecule has 1 N–H and O–H groups in total. The van der Waals surface area contributed by atoms with E-state index >= 15 is 0 Å². The summed E-state index contributed by atoms with van der Waals surface area (Å²) in [5.41, 5.74) is 0.495. The molecule has 2 aliphatic carbocycles. The van der Waals surface area contributed by atoms with Gasteiger partial charge in [-0.3, -0.25) is 9.00 Å². The van der Waals surface area contributed by atoms with E-state index in [4.69, 9.17) is 0 Å². The van der Waals surface area contributed by atoms with Gasteiger partial charge in [-0.05, 0) is 49.2 Å². The van der Waals surface area contributed by atoms with Gasteiger partial charge in [0.05, 0.1) is 16.9 Å². The minimum atomic E-state index is -1.32. The third-order valence-electron chi connectivity index (χ3n) is 6.42. The third-order valence-corrected chi connectivity index (χ3v) is 8.04. The molecule has 4 heteroatoms. The van der Waals surface area contributed by atoms with Crippen molar-refractivity contribution in [3.8, 4) is 0 Å². The molecule has 2 saturated carbocycles. The summed E-state index contributed by atoms with van der Waals surface area (Å²) < 4.78 is 13.2. The van der Waals surface area contributed by atoms with Gasteiger partial charge < -0.3 is 5.11 Å². The van der Waals surface area contributed by atoms with Crippen LogP contribution in [0.4, 0.5) is 0 Å². The van der Waals surface area contributed by atoms with Gasteiger partial charge in [0.25, 0.3) is 0 Å². The van der Waals surface area contributed by atoms with Crippen LogP contribution in [0.15, 0.2) is 36.4 Å². The van der Waals surface area contributed by atoms with E-state index in [2.05, 4.69) is 13.8 Å². The van der Waals surface area contributed by atoms with Crippen LogP contribution in [0.25, 0.3) is 4.91 Å². The van der Waals surface area contributed by atoms with Crippen molar-refractivity contribution in [2.45, 2.75) is 46.1 Å². The van der Waals surface area contributed by atoms with Crippen LogP contribution in [0.5, 0.6) is 0 Å². The van der Waals surface area contributed by atoms with Crippen LogP contribution in [0, 0.1) is 16.7 Å². The summed E-state index contributed by atoms with van der Waals surface area (Å²) in [7, 11) is -1.32. The number of hydrogen-bond acceptors (Lipinski definition) is 3. The maximum atomic E-state index is 13.2. The molecule has 3 rings (SSSR count). The van der Waals surface area contributed by atoms with Crippen molar-refractivity contribution >= 4 is 21.5 Å². The van der Waals surface area contributed by atoms with Gasteiger partial charge in [-0.15, -0.1) is 0 Å². The van der Waals surface area contributed by atoms with Crippen LogP contribution < -0.4 is 0 Å². The van der Waals surface area contributed by atoms with E-state index in [9.17, 15) is 14.1 Å². The standard InChI is InChI=1S/C20H26O3S/c1-14(21)11-17(15-7-5-4-6-8-15)24(23)13-20-10-9-16(12-18(20)22)19(20,2)3/h4-8,11,16,18,22H,9-10,12-13H2,1-3H3/b17-11+/t16-,18-,20-,24?/m1/s1. The molecule has 1 unspecified atom stereocenters. The van der Waals surface area contributed by atoms with Crippen LogP contribution in [0.2, 0.25) is 0 Å². The fourth-order valence-electron chi connectivity index (χ4n) is 4.76. The monoisotopic (exact) mass is 346 g/mol. The number of benzene rings is 1.